The fourth-order valence-corrected chi connectivity index (χ4v) is 6.43. The number of amides is 1. The van der Waals surface area contributed by atoms with E-state index in [0.717, 1.165) is 21.0 Å². The number of sulfonamides is 1. The molecule has 0 aliphatic carbocycles. The van der Waals surface area contributed by atoms with Crippen LogP contribution in [-0.2, 0) is 21.4 Å². The summed E-state index contributed by atoms with van der Waals surface area (Å²) in [5.74, 6) is 0.312. The average Bonchev–Trinajstić information content (AvgIpc) is 2.97. The van der Waals surface area contributed by atoms with Crippen molar-refractivity contribution in [1.29, 1.82) is 0 Å². The molecule has 4 aromatic carbocycles. The molecule has 0 heterocycles. The van der Waals surface area contributed by atoms with Gasteiger partial charge in [-0.25, -0.2) is 13.8 Å². The van der Waals surface area contributed by atoms with Gasteiger partial charge in [0.2, 0.25) is 0 Å². The van der Waals surface area contributed by atoms with Gasteiger partial charge >= 0.3 is 0 Å². The highest BCUT2D eigenvalue weighted by Gasteiger charge is 2.28. The molecule has 224 valence electrons. The number of hydrazone groups is 1. The van der Waals surface area contributed by atoms with Crippen LogP contribution in [-0.4, -0.2) is 34.2 Å². The van der Waals surface area contributed by atoms with Crippen LogP contribution < -0.4 is 19.2 Å². The van der Waals surface area contributed by atoms with Gasteiger partial charge in [0, 0.05) is 10.6 Å². The van der Waals surface area contributed by atoms with Crippen molar-refractivity contribution in [2.24, 2.45) is 5.10 Å². The van der Waals surface area contributed by atoms with Crippen LogP contribution in [0.3, 0.4) is 0 Å². The minimum absolute atomic E-state index is 0.0871. The summed E-state index contributed by atoms with van der Waals surface area (Å²) in [6.07, 6.45) is 1.43. The molecule has 8 nitrogen and oxygen atoms in total. The molecular formula is C32H31BrClN3O5S. The highest BCUT2D eigenvalue weighted by Crippen LogP contribution is 2.37. The molecule has 1 amide bonds. The van der Waals surface area contributed by atoms with Crippen molar-refractivity contribution in [1.82, 2.24) is 5.43 Å². The maximum absolute atomic E-state index is 13.7. The summed E-state index contributed by atoms with van der Waals surface area (Å²) in [5, 5.41) is 4.66. The summed E-state index contributed by atoms with van der Waals surface area (Å²) in [5.41, 5.74) is 6.79. The lowest BCUT2D eigenvalue weighted by atomic mass is 10.1. The SMILES string of the molecule is COc1cc(/C=N/NC(=O)CN(c2cc(C)ccc2C)S(=O)(=O)c2ccc(C)cc2)cc(Br)c1OCc1ccccc1Cl. The van der Waals surface area contributed by atoms with Gasteiger partial charge in [-0.2, -0.15) is 5.10 Å². The first-order valence-electron chi connectivity index (χ1n) is 13.2. The summed E-state index contributed by atoms with van der Waals surface area (Å²) >= 11 is 9.75. The molecule has 0 spiro atoms. The number of halogens is 2. The molecular weight excluding hydrogens is 654 g/mol. The number of carbonyl (C=O) groups excluding carboxylic acids is 1. The second kappa shape index (κ2) is 14.1. The van der Waals surface area contributed by atoms with Crippen molar-refractivity contribution in [2.75, 3.05) is 18.0 Å². The number of benzene rings is 4. The van der Waals surface area contributed by atoms with Gasteiger partial charge in [-0.3, -0.25) is 9.10 Å². The predicted molar refractivity (Wildman–Crippen MR) is 174 cm³/mol. The zero-order chi connectivity index (χ0) is 31.1. The molecule has 0 aliphatic heterocycles. The smallest absolute Gasteiger partial charge is 0.264 e. The zero-order valence-electron chi connectivity index (χ0n) is 24.1. The Morgan fingerprint density at radius 3 is 2.40 bits per heavy atom. The van der Waals surface area contributed by atoms with Crippen molar-refractivity contribution in [3.05, 3.63) is 116 Å². The van der Waals surface area contributed by atoms with Crippen LogP contribution in [0.5, 0.6) is 11.5 Å². The molecule has 0 fully saturated rings. The number of ether oxygens (including phenoxy) is 2. The minimum atomic E-state index is -4.05. The summed E-state index contributed by atoms with van der Waals surface area (Å²) in [4.78, 5) is 13.1. The molecule has 0 atom stereocenters. The van der Waals surface area contributed by atoms with E-state index in [2.05, 4.69) is 26.5 Å². The van der Waals surface area contributed by atoms with Crippen LogP contribution in [0, 0.1) is 20.8 Å². The standard InChI is InChI=1S/C32H31BrClN3O5S/c1-21-10-13-26(14-11-21)43(39,40)37(29-15-22(2)9-12-23(29)3)19-31(38)36-35-18-24-16-27(33)32(30(17-24)41-4)42-20-25-7-5-6-8-28(25)34/h5-18H,19-20H2,1-4H3,(H,36,38)/b35-18+. The topological polar surface area (TPSA) is 97.3 Å². The highest BCUT2D eigenvalue weighted by molar-refractivity contribution is 9.10. The van der Waals surface area contributed by atoms with Crippen molar-refractivity contribution < 1.29 is 22.7 Å². The lowest BCUT2D eigenvalue weighted by Gasteiger charge is -2.25. The molecule has 0 saturated heterocycles. The quantitative estimate of drug-likeness (QED) is 0.136. The third-order valence-electron chi connectivity index (χ3n) is 6.51. The second-order valence-electron chi connectivity index (χ2n) is 9.82. The van der Waals surface area contributed by atoms with Gasteiger partial charge in [-0.1, -0.05) is 59.6 Å². The normalized spacial score (nSPS) is 11.4. The molecule has 4 aromatic rings. The number of aryl methyl sites for hydroxylation is 3. The molecule has 0 bridgehead atoms. The lowest BCUT2D eigenvalue weighted by Crippen LogP contribution is -2.40. The van der Waals surface area contributed by atoms with Crippen LogP contribution >= 0.6 is 27.5 Å². The van der Waals surface area contributed by atoms with Gasteiger partial charge in [0.1, 0.15) is 13.2 Å². The molecule has 1 N–H and O–H groups in total. The van der Waals surface area contributed by atoms with E-state index in [-0.39, 0.29) is 11.5 Å². The molecule has 0 radical (unpaired) electrons. The Balaban J connectivity index is 1.52. The van der Waals surface area contributed by atoms with Gasteiger partial charge in [0.05, 0.1) is 28.4 Å². The third-order valence-corrected chi connectivity index (χ3v) is 9.25. The van der Waals surface area contributed by atoms with Gasteiger partial charge in [0.25, 0.3) is 15.9 Å². The first-order chi connectivity index (χ1) is 20.5. The Bertz CT molecular complexity index is 1760. The van der Waals surface area contributed by atoms with Gasteiger partial charge in [0.15, 0.2) is 11.5 Å². The molecule has 43 heavy (non-hydrogen) atoms. The average molecular weight is 685 g/mol. The molecule has 0 saturated carbocycles. The maximum Gasteiger partial charge on any atom is 0.264 e. The number of carbonyl (C=O) groups is 1. The highest BCUT2D eigenvalue weighted by atomic mass is 79.9. The van der Waals surface area contributed by atoms with Crippen LogP contribution in [0.4, 0.5) is 5.69 Å². The van der Waals surface area contributed by atoms with E-state index in [1.807, 2.05) is 44.2 Å². The molecule has 11 heteroatoms. The second-order valence-corrected chi connectivity index (χ2v) is 12.9. The summed E-state index contributed by atoms with van der Waals surface area (Å²) in [6, 6.07) is 22.8. The largest absolute Gasteiger partial charge is 0.493 e. The first-order valence-corrected chi connectivity index (χ1v) is 15.8. The Hall–Kier alpha value is -3.86. The number of nitrogens with one attached hydrogen (secondary N) is 1. The van der Waals surface area contributed by atoms with Crippen LogP contribution in [0.1, 0.15) is 27.8 Å². The number of hydrogen-bond donors (Lipinski definition) is 1. The monoisotopic (exact) mass is 683 g/mol. The van der Waals surface area contributed by atoms with Gasteiger partial charge in [-0.05, 0) is 89.8 Å². The number of methoxy groups -OCH3 is 1. The van der Waals surface area contributed by atoms with Crippen LogP contribution in [0.15, 0.2) is 93.3 Å². The number of anilines is 1. The van der Waals surface area contributed by atoms with Crippen molar-refractivity contribution >= 4 is 55.4 Å². The summed E-state index contributed by atoms with van der Waals surface area (Å²) < 4.78 is 40.6. The summed E-state index contributed by atoms with van der Waals surface area (Å²) in [7, 11) is -2.54. The number of nitrogens with zero attached hydrogens (tertiary/aromatic N) is 2. The minimum Gasteiger partial charge on any atom is -0.493 e. The Morgan fingerprint density at radius 1 is 1.00 bits per heavy atom. The molecule has 4 rings (SSSR count). The fraction of sp³-hybridized carbons (Fsp3) is 0.188. The van der Waals surface area contributed by atoms with E-state index >= 15 is 0 Å². The number of hydrogen-bond acceptors (Lipinski definition) is 6. The van der Waals surface area contributed by atoms with Crippen LogP contribution in [0.25, 0.3) is 0 Å². The van der Waals surface area contributed by atoms with E-state index in [9.17, 15) is 13.2 Å². The van der Waals surface area contributed by atoms with Crippen molar-refractivity contribution in [3.8, 4) is 11.5 Å². The van der Waals surface area contributed by atoms with Gasteiger partial charge in [-0.15, -0.1) is 0 Å². The molecule has 0 aromatic heterocycles. The van der Waals surface area contributed by atoms with Gasteiger partial charge < -0.3 is 9.47 Å². The first kappa shape index (κ1) is 32.1. The fourth-order valence-electron chi connectivity index (χ4n) is 4.19. The third kappa shape index (κ3) is 7.95. The van der Waals surface area contributed by atoms with Crippen molar-refractivity contribution in [3.63, 3.8) is 0 Å². The van der Waals surface area contributed by atoms with E-state index in [0.29, 0.717) is 37.8 Å². The molecule has 0 unspecified atom stereocenters. The maximum atomic E-state index is 13.7. The molecule has 0 aliphatic rings. The van der Waals surface area contributed by atoms with Crippen molar-refractivity contribution in [2.45, 2.75) is 32.3 Å². The summed E-state index contributed by atoms with van der Waals surface area (Å²) in [6.45, 7) is 5.30. The lowest BCUT2D eigenvalue weighted by molar-refractivity contribution is -0.119. The Kier molecular flexibility index (Phi) is 10.5. The van der Waals surface area contributed by atoms with E-state index < -0.39 is 22.5 Å². The predicted octanol–water partition coefficient (Wildman–Crippen LogP) is 6.96. The Morgan fingerprint density at radius 2 is 1.70 bits per heavy atom. The van der Waals surface area contributed by atoms with E-state index in [1.165, 1.54) is 25.5 Å². The Labute approximate surface area is 265 Å². The van der Waals surface area contributed by atoms with Crippen LogP contribution in [0.2, 0.25) is 5.02 Å². The number of rotatable bonds is 11. The van der Waals surface area contributed by atoms with E-state index in [4.69, 9.17) is 21.1 Å². The zero-order valence-corrected chi connectivity index (χ0v) is 27.3. The van der Waals surface area contributed by atoms with E-state index in [1.54, 1.807) is 43.3 Å².